The highest BCUT2D eigenvalue weighted by molar-refractivity contribution is 7.87. The highest BCUT2D eigenvalue weighted by Gasteiger charge is 2.75. The van der Waals surface area contributed by atoms with Crippen LogP contribution in [0.3, 0.4) is 0 Å². The van der Waals surface area contributed by atoms with Gasteiger partial charge >= 0.3 is 27.5 Å². The van der Waals surface area contributed by atoms with Crippen LogP contribution in [-0.2, 0) is 31.6 Å². The Bertz CT molecular complexity index is 1040. The summed E-state index contributed by atoms with van der Waals surface area (Å²) in [6.07, 6.45) is -7.60. The van der Waals surface area contributed by atoms with E-state index < -0.39 is 81.0 Å². The van der Waals surface area contributed by atoms with Crippen molar-refractivity contribution in [2.45, 2.75) is 55.1 Å². The second kappa shape index (κ2) is 6.70. The van der Waals surface area contributed by atoms with E-state index >= 15 is 0 Å². The van der Waals surface area contributed by atoms with Gasteiger partial charge in [0.2, 0.25) is 0 Å². The molecule has 14 heteroatoms. The van der Waals surface area contributed by atoms with Crippen molar-refractivity contribution in [1.82, 2.24) is 0 Å². The van der Waals surface area contributed by atoms with Crippen molar-refractivity contribution in [2.75, 3.05) is 0 Å². The maximum Gasteiger partial charge on any atom is 0.431 e. The fourth-order valence-corrected chi connectivity index (χ4v) is 5.60. The highest BCUT2D eigenvalue weighted by atomic mass is 32.2. The van der Waals surface area contributed by atoms with Gasteiger partial charge in [-0.3, -0.25) is 4.55 Å². The average Bonchev–Trinajstić information content (AvgIpc) is 3.30. The van der Waals surface area contributed by atoms with E-state index in [2.05, 4.69) is 0 Å². The predicted octanol–water partition coefficient (Wildman–Crippen LogP) is 4.14. The lowest BCUT2D eigenvalue weighted by Gasteiger charge is -2.36. The molecule has 0 amide bonds. The number of alkyl halides is 7. The van der Waals surface area contributed by atoms with Gasteiger partial charge in [-0.1, -0.05) is 0 Å². The minimum Gasteiger partial charge on any atom is -0.507 e. The molecule has 4 rings (SSSR count). The molecular weight excluding hydrogens is 477 g/mol. The number of phenolic OH excluding ortho intramolecular Hbond substituents is 1. The van der Waals surface area contributed by atoms with Gasteiger partial charge in [-0.15, -0.1) is 0 Å². The molecule has 6 atom stereocenters. The summed E-state index contributed by atoms with van der Waals surface area (Å²) in [5, 5.41) is 3.76. The number of fused-ring (bicyclic) bond motifs is 5. The van der Waals surface area contributed by atoms with Gasteiger partial charge < -0.3 is 14.6 Å². The first-order valence-corrected chi connectivity index (χ1v) is 10.8. The smallest absolute Gasteiger partial charge is 0.431 e. The Morgan fingerprint density at radius 1 is 1.03 bits per heavy atom. The van der Waals surface area contributed by atoms with Crippen LogP contribution in [0.4, 0.5) is 30.7 Å². The lowest BCUT2D eigenvalue weighted by atomic mass is 9.81. The summed E-state index contributed by atoms with van der Waals surface area (Å²) in [6.45, 7) is 1.23. The van der Waals surface area contributed by atoms with Crippen LogP contribution in [0.1, 0.15) is 30.9 Å². The fourth-order valence-electron chi connectivity index (χ4n) is 5.11. The normalized spacial score (nSPS) is 35.3. The first-order valence-electron chi connectivity index (χ1n) is 9.39. The number of halogens is 7. The van der Waals surface area contributed by atoms with Gasteiger partial charge in [0.1, 0.15) is 5.75 Å². The van der Waals surface area contributed by atoms with Crippen LogP contribution in [-0.4, -0.2) is 41.5 Å². The third-order valence-electron chi connectivity index (χ3n) is 6.58. The molecule has 1 aromatic carbocycles. The van der Waals surface area contributed by atoms with E-state index in [-0.39, 0.29) is 12.0 Å². The molecule has 1 heterocycles. The molecular formula is C18H17F7O6S. The molecule has 1 aromatic rings. The zero-order chi connectivity index (χ0) is 24.1. The lowest BCUT2D eigenvalue weighted by molar-refractivity contribution is -0.214. The largest absolute Gasteiger partial charge is 0.507 e. The summed E-state index contributed by atoms with van der Waals surface area (Å²) in [4.78, 5) is 0. The van der Waals surface area contributed by atoms with E-state index in [4.69, 9.17) is 14.0 Å². The van der Waals surface area contributed by atoms with Crippen molar-refractivity contribution in [3.05, 3.63) is 29.3 Å². The summed E-state index contributed by atoms with van der Waals surface area (Å²) in [5.41, 5.74) is -1.55. The monoisotopic (exact) mass is 494 g/mol. The number of aromatic hydroxyl groups is 1. The van der Waals surface area contributed by atoms with Gasteiger partial charge in [0.05, 0.1) is 17.8 Å². The molecule has 32 heavy (non-hydrogen) atoms. The summed E-state index contributed by atoms with van der Waals surface area (Å²) in [6, 6.07) is 2.44. The summed E-state index contributed by atoms with van der Waals surface area (Å²) in [5.74, 6) is -12.2. The first-order chi connectivity index (χ1) is 14.4. The van der Waals surface area contributed by atoms with Gasteiger partial charge in [-0.05, 0) is 49.8 Å². The van der Waals surface area contributed by atoms with Crippen LogP contribution in [0.5, 0.6) is 5.75 Å². The van der Waals surface area contributed by atoms with E-state index in [9.17, 15) is 44.3 Å². The third kappa shape index (κ3) is 3.21. The molecule has 1 saturated heterocycles. The SMILES string of the molecule is CC1(c2ccc(O)c(C(F)(F)F)c2)OC2C3CC(C2O1)C(C(F)(F)C(F)(F)S(=O)(=O)O)C3. The third-order valence-corrected chi connectivity index (χ3v) is 7.50. The van der Waals surface area contributed by atoms with E-state index in [1.807, 2.05) is 0 Å². The molecule has 6 nitrogen and oxygen atoms in total. The molecule has 1 aliphatic heterocycles. The number of phenols is 1. The Balaban J connectivity index is 1.63. The molecule has 2 aliphatic carbocycles. The topological polar surface area (TPSA) is 93.1 Å². The van der Waals surface area contributed by atoms with E-state index in [1.54, 1.807) is 0 Å². The van der Waals surface area contributed by atoms with Crippen LogP contribution < -0.4 is 0 Å². The number of ether oxygens (including phenoxy) is 2. The highest BCUT2D eigenvalue weighted by Crippen LogP contribution is 2.63. The predicted molar refractivity (Wildman–Crippen MR) is 91.4 cm³/mol. The van der Waals surface area contributed by atoms with Gasteiger partial charge in [0.25, 0.3) is 0 Å². The van der Waals surface area contributed by atoms with Crippen LogP contribution in [0.25, 0.3) is 0 Å². The second-order valence-electron chi connectivity index (χ2n) is 8.46. The molecule has 2 N–H and O–H groups in total. The van der Waals surface area contributed by atoms with Crippen molar-refractivity contribution in [3.8, 4) is 5.75 Å². The Kier molecular flexibility index (Phi) is 4.92. The van der Waals surface area contributed by atoms with Crippen LogP contribution in [0.15, 0.2) is 18.2 Å². The number of hydrogen-bond donors (Lipinski definition) is 2. The summed E-state index contributed by atoms with van der Waals surface area (Å²) < 4.78 is 138. The van der Waals surface area contributed by atoms with Crippen molar-refractivity contribution in [1.29, 1.82) is 0 Å². The lowest BCUT2D eigenvalue weighted by Crippen LogP contribution is -2.55. The summed E-state index contributed by atoms with van der Waals surface area (Å²) in [7, 11) is -6.41. The molecule has 2 bridgehead atoms. The zero-order valence-corrected chi connectivity index (χ0v) is 16.9. The van der Waals surface area contributed by atoms with Crippen molar-refractivity contribution >= 4 is 10.1 Å². The Morgan fingerprint density at radius 3 is 2.19 bits per heavy atom. The van der Waals surface area contributed by atoms with Crippen molar-refractivity contribution in [2.24, 2.45) is 17.8 Å². The molecule has 0 radical (unpaired) electrons. The number of benzene rings is 1. The Labute approximate surface area is 177 Å². The Morgan fingerprint density at radius 2 is 1.62 bits per heavy atom. The van der Waals surface area contributed by atoms with Crippen LogP contribution in [0, 0.1) is 17.8 Å². The second-order valence-corrected chi connectivity index (χ2v) is 9.92. The minimum absolute atomic E-state index is 0.0450. The van der Waals surface area contributed by atoms with E-state index in [0.717, 1.165) is 12.1 Å². The first kappa shape index (κ1) is 23.5. The molecule has 3 aliphatic rings. The molecule has 0 spiro atoms. The van der Waals surface area contributed by atoms with Crippen molar-refractivity contribution < 1.29 is 58.3 Å². The average molecular weight is 494 g/mol. The van der Waals surface area contributed by atoms with Gasteiger partial charge in [0, 0.05) is 11.5 Å². The van der Waals surface area contributed by atoms with Gasteiger partial charge in [-0.2, -0.15) is 39.2 Å². The Hall–Kier alpha value is -1.64. The molecule has 6 unspecified atom stereocenters. The van der Waals surface area contributed by atoms with Gasteiger partial charge in [-0.25, -0.2) is 0 Å². The fraction of sp³-hybridized carbons (Fsp3) is 0.667. The van der Waals surface area contributed by atoms with Crippen LogP contribution in [0.2, 0.25) is 0 Å². The van der Waals surface area contributed by atoms with Gasteiger partial charge in [0.15, 0.2) is 5.79 Å². The molecule has 0 aromatic heterocycles. The van der Waals surface area contributed by atoms with Crippen molar-refractivity contribution in [3.63, 3.8) is 0 Å². The minimum atomic E-state index is -6.41. The van der Waals surface area contributed by atoms with E-state index in [1.165, 1.54) is 6.92 Å². The standard InChI is InChI=1S/C18H17F7O6S/c1-15(8-2-3-12(26)11(6-8)17(21,22)23)30-13-7-4-9(14(13)31-15)10(5-7)16(19,20)18(24,25)32(27,28)29/h2-3,6-7,9-10,13-14,26H,4-5H2,1H3,(H,27,28,29). The number of rotatable bonds is 4. The summed E-state index contributed by atoms with van der Waals surface area (Å²) >= 11 is 0. The molecule has 180 valence electrons. The quantitative estimate of drug-likeness (QED) is 0.483. The maximum atomic E-state index is 14.5. The maximum absolute atomic E-state index is 14.5. The van der Waals surface area contributed by atoms with E-state index in [0.29, 0.717) is 6.07 Å². The molecule has 2 saturated carbocycles. The molecule has 3 fully saturated rings. The number of hydrogen-bond acceptors (Lipinski definition) is 5. The zero-order valence-electron chi connectivity index (χ0n) is 16.1. The van der Waals surface area contributed by atoms with Crippen LogP contribution >= 0.6 is 0 Å².